The lowest BCUT2D eigenvalue weighted by Gasteiger charge is -2.12. The Morgan fingerprint density at radius 1 is 1.09 bits per heavy atom. The van der Waals surface area contributed by atoms with E-state index in [0.29, 0.717) is 17.9 Å². The summed E-state index contributed by atoms with van der Waals surface area (Å²) < 4.78 is 20.9. The Bertz CT molecular complexity index is 672. The minimum absolute atomic E-state index is 0.279. The van der Waals surface area contributed by atoms with Crippen molar-refractivity contribution in [2.24, 2.45) is 0 Å². The van der Waals surface area contributed by atoms with Crippen LogP contribution in [-0.4, -0.2) is 32.3 Å². The molecule has 0 atom stereocenters. The fourth-order valence-electron chi connectivity index (χ4n) is 2.05. The van der Waals surface area contributed by atoms with Gasteiger partial charge in [0, 0.05) is 30.6 Å². The van der Waals surface area contributed by atoms with Crippen LogP contribution >= 0.6 is 0 Å². The smallest absolute Gasteiger partial charge is 0.339 e. The Morgan fingerprint density at radius 2 is 1.91 bits per heavy atom. The first kappa shape index (κ1) is 16.8. The van der Waals surface area contributed by atoms with E-state index in [1.807, 2.05) is 18.2 Å². The highest BCUT2D eigenvalue weighted by atomic mass is 16.5. The van der Waals surface area contributed by atoms with Crippen LogP contribution in [0, 0.1) is 0 Å². The third kappa shape index (κ3) is 4.43. The molecule has 122 valence electrons. The molecular formula is C17H19NO5. The van der Waals surface area contributed by atoms with Gasteiger partial charge in [-0.05, 0) is 24.3 Å². The van der Waals surface area contributed by atoms with Crippen molar-refractivity contribution in [3.63, 3.8) is 0 Å². The van der Waals surface area contributed by atoms with E-state index in [0.717, 1.165) is 16.9 Å². The maximum absolute atomic E-state index is 11.5. The fourth-order valence-corrected chi connectivity index (χ4v) is 2.05. The molecule has 2 aromatic rings. The van der Waals surface area contributed by atoms with Crippen LogP contribution in [0.1, 0.15) is 21.5 Å². The van der Waals surface area contributed by atoms with E-state index in [1.165, 1.54) is 13.3 Å². The summed E-state index contributed by atoms with van der Waals surface area (Å²) in [7, 11) is 4.56. The van der Waals surface area contributed by atoms with E-state index in [1.54, 1.807) is 26.5 Å². The average Bonchev–Trinajstić information content (AvgIpc) is 2.60. The third-order valence-electron chi connectivity index (χ3n) is 3.18. The van der Waals surface area contributed by atoms with Crippen molar-refractivity contribution >= 4 is 5.97 Å². The minimum Gasteiger partial charge on any atom is -0.497 e. The van der Waals surface area contributed by atoms with Gasteiger partial charge in [0.1, 0.15) is 18.1 Å². The highest BCUT2D eigenvalue weighted by molar-refractivity contribution is 5.89. The van der Waals surface area contributed by atoms with Crippen LogP contribution in [-0.2, 0) is 22.7 Å². The van der Waals surface area contributed by atoms with Crippen molar-refractivity contribution in [1.82, 2.24) is 4.98 Å². The molecule has 6 heteroatoms. The number of hydrogen-bond acceptors (Lipinski definition) is 6. The number of pyridine rings is 1. The topological polar surface area (TPSA) is 66.9 Å². The number of rotatable bonds is 7. The Kier molecular flexibility index (Phi) is 5.94. The number of carbonyl (C=O) groups excluding carboxylic acids is 1. The molecule has 0 aliphatic rings. The van der Waals surface area contributed by atoms with Crippen LogP contribution in [0.25, 0.3) is 0 Å². The van der Waals surface area contributed by atoms with E-state index in [4.69, 9.17) is 14.2 Å². The molecule has 1 aromatic carbocycles. The zero-order valence-corrected chi connectivity index (χ0v) is 13.4. The second-order valence-electron chi connectivity index (χ2n) is 4.77. The molecule has 0 radical (unpaired) electrons. The number of benzene rings is 1. The number of methoxy groups -OCH3 is 3. The summed E-state index contributed by atoms with van der Waals surface area (Å²) in [6.45, 7) is 0.688. The molecule has 2 rings (SSSR count). The lowest BCUT2D eigenvalue weighted by Crippen LogP contribution is -2.05. The van der Waals surface area contributed by atoms with Crippen molar-refractivity contribution in [2.45, 2.75) is 13.2 Å². The molecule has 0 aliphatic carbocycles. The van der Waals surface area contributed by atoms with E-state index >= 15 is 0 Å². The van der Waals surface area contributed by atoms with Gasteiger partial charge in [-0.3, -0.25) is 4.98 Å². The van der Waals surface area contributed by atoms with Crippen molar-refractivity contribution in [3.8, 4) is 11.5 Å². The molecule has 1 aromatic heterocycles. The second-order valence-corrected chi connectivity index (χ2v) is 4.77. The fraction of sp³-hybridized carbons (Fsp3) is 0.294. The average molecular weight is 317 g/mol. The van der Waals surface area contributed by atoms with Crippen LogP contribution < -0.4 is 9.47 Å². The van der Waals surface area contributed by atoms with Gasteiger partial charge in [-0.25, -0.2) is 4.79 Å². The predicted molar refractivity (Wildman–Crippen MR) is 83.6 cm³/mol. The molecule has 0 fully saturated rings. The van der Waals surface area contributed by atoms with Gasteiger partial charge in [-0.2, -0.15) is 0 Å². The first-order chi connectivity index (χ1) is 11.2. The molecule has 0 bridgehead atoms. The lowest BCUT2D eigenvalue weighted by molar-refractivity contribution is 0.0600. The van der Waals surface area contributed by atoms with Crippen LogP contribution in [0.2, 0.25) is 0 Å². The molecule has 0 N–H and O–H groups in total. The Balaban J connectivity index is 2.12. The van der Waals surface area contributed by atoms with Crippen LogP contribution in [0.5, 0.6) is 11.5 Å². The van der Waals surface area contributed by atoms with Gasteiger partial charge >= 0.3 is 5.97 Å². The largest absolute Gasteiger partial charge is 0.497 e. The summed E-state index contributed by atoms with van der Waals surface area (Å²) in [4.78, 5) is 15.5. The molecular weight excluding hydrogens is 298 g/mol. The van der Waals surface area contributed by atoms with E-state index in [9.17, 15) is 4.79 Å². The second kappa shape index (κ2) is 8.14. The third-order valence-corrected chi connectivity index (χ3v) is 3.18. The molecule has 23 heavy (non-hydrogen) atoms. The molecule has 0 saturated carbocycles. The number of nitrogens with zero attached hydrogens (tertiary/aromatic N) is 1. The summed E-state index contributed by atoms with van der Waals surface area (Å²) in [6, 6.07) is 7.20. The van der Waals surface area contributed by atoms with Crippen molar-refractivity contribution in [1.29, 1.82) is 0 Å². The predicted octanol–water partition coefficient (Wildman–Crippen LogP) is 2.60. The molecule has 6 nitrogen and oxygen atoms in total. The standard InChI is InChI=1S/C17H19NO5/c1-20-11-14-7-15(21-2)4-5-16(14)23-10-12-6-13(9-18-8-12)17(19)22-3/h4-9H,10-11H2,1-3H3. The van der Waals surface area contributed by atoms with Gasteiger partial charge in [0.15, 0.2) is 0 Å². The molecule has 0 aliphatic heterocycles. The maximum atomic E-state index is 11.5. The van der Waals surface area contributed by atoms with Gasteiger partial charge in [-0.15, -0.1) is 0 Å². The zero-order chi connectivity index (χ0) is 16.7. The molecule has 1 heterocycles. The first-order valence-electron chi connectivity index (χ1n) is 6.98. The number of ether oxygens (including phenoxy) is 4. The highest BCUT2D eigenvalue weighted by Gasteiger charge is 2.09. The normalized spacial score (nSPS) is 10.2. The monoisotopic (exact) mass is 317 g/mol. The number of aromatic nitrogens is 1. The van der Waals surface area contributed by atoms with Gasteiger partial charge < -0.3 is 18.9 Å². The van der Waals surface area contributed by atoms with Crippen molar-refractivity contribution in [2.75, 3.05) is 21.3 Å². The summed E-state index contributed by atoms with van der Waals surface area (Å²) in [5.74, 6) is 0.999. The van der Waals surface area contributed by atoms with Gasteiger partial charge in [0.25, 0.3) is 0 Å². The van der Waals surface area contributed by atoms with Crippen molar-refractivity contribution in [3.05, 3.63) is 53.3 Å². The number of carbonyl (C=O) groups is 1. The number of esters is 1. The summed E-state index contributed by atoms with van der Waals surface area (Å²) in [5, 5.41) is 0. The van der Waals surface area contributed by atoms with Crippen LogP contribution in [0.3, 0.4) is 0 Å². The quantitative estimate of drug-likeness (QED) is 0.731. The van der Waals surface area contributed by atoms with E-state index in [-0.39, 0.29) is 6.61 Å². The summed E-state index contributed by atoms with van der Waals surface area (Å²) in [5.41, 5.74) is 2.04. The Morgan fingerprint density at radius 3 is 2.61 bits per heavy atom. The SMILES string of the molecule is COCc1cc(OC)ccc1OCc1cncc(C(=O)OC)c1. The molecule has 0 saturated heterocycles. The van der Waals surface area contributed by atoms with Crippen molar-refractivity contribution < 1.29 is 23.7 Å². The first-order valence-corrected chi connectivity index (χ1v) is 6.98. The van der Waals surface area contributed by atoms with Gasteiger partial charge in [0.05, 0.1) is 26.4 Å². The van der Waals surface area contributed by atoms with Crippen LogP contribution in [0.15, 0.2) is 36.7 Å². The van der Waals surface area contributed by atoms with Gasteiger partial charge in [0.2, 0.25) is 0 Å². The van der Waals surface area contributed by atoms with Crippen LogP contribution in [0.4, 0.5) is 0 Å². The molecule has 0 amide bonds. The van der Waals surface area contributed by atoms with E-state index in [2.05, 4.69) is 9.72 Å². The molecule has 0 spiro atoms. The summed E-state index contributed by atoms with van der Waals surface area (Å²) in [6.07, 6.45) is 3.10. The molecule has 0 unspecified atom stereocenters. The van der Waals surface area contributed by atoms with Gasteiger partial charge in [-0.1, -0.05) is 0 Å². The number of hydrogen-bond donors (Lipinski definition) is 0. The summed E-state index contributed by atoms with van der Waals surface area (Å²) >= 11 is 0. The Labute approximate surface area is 135 Å². The van der Waals surface area contributed by atoms with E-state index < -0.39 is 5.97 Å². The zero-order valence-electron chi connectivity index (χ0n) is 13.4. The maximum Gasteiger partial charge on any atom is 0.339 e. The minimum atomic E-state index is -0.427. The highest BCUT2D eigenvalue weighted by Crippen LogP contribution is 2.25. The Hall–Kier alpha value is -2.60. The lowest BCUT2D eigenvalue weighted by atomic mass is 10.2.